The zero-order valence-corrected chi connectivity index (χ0v) is 12.2. The number of rotatable bonds is 6. The highest BCUT2D eigenvalue weighted by molar-refractivity contribution is 6.30. The molecule has 0 aliphatic heterocycles. The Morgan fingerprint density at radius 2 is 2.05 bits per heavy atom. The minimum Gasteiger partial charge on any atom is -0.460 e. The Morgan fingerprint density at radius 1 is 1.21 bits per heavy atom. The predicted octanol–water partition coefficient (Wildman–Crippen LogP) is 4.74. The standard InChI is InChI=1S/C16H20ClNO/c1-12(2)8-9-18-11-15-6-7-16(19-15)13-4-3-5-14(17)10-13/h3-7,10,12,18H,8-9,11H2,1-2H3. The van der Waals surface area contributed by atoms with E-state index in [1.54, 1.807) is 0 Å². The van der Waals surface area contributed by atoms with Crippen LogP contribution in [0.25, 0.3) is 11.3 Å². The van der Waals surface area contributed by atoms with Gasteiger partial charge in [-0.05, 0) is 43.1 Å². The van der Waals surface area contributed by atoms with Crippen LogP contribution in [0.3, 0.4) is 0 Å². The lowest BCUT2D eigenvalue weighted by molar-refractivity contribution is 0.474. The van der Waals surface area contributed by atoms with Crippen LogP contribution in [0.4, 0.5) is 0 Å². The molecule has 0 aliphatic rings. The van der Waals surface area contributed by atoms with Crippen LogP contribution in [0.5, 0.6) is 0 Å². The van der Waals surface area contributed by atoms with Crippen molar-refractivity contribution in [2.75, 3.05) is 6.54 Å². The summed E-state index contributed by atoms with van der Waals surface area (Å²) in [4.78, 5) is 0. The maximum Gasteiger partial charge on any atom is 0.134 e. The Hall–Kier alpha value is -1.25. The number of benzene rings is 1. The number of furan rings is 1. The molecule has 0 saturated carbocycles. The van der Waals surface area contributed by atoms with Gasteiger partial charge in [-0.2, -0.15) is 0 Å². The van der Waals surface area contributed by atoms with Gasteiger partial charge in [0.2, 0.25) is 0 Å². The lowest BCUT2D eigenvalue weighted by Gasteiger charge is -2.05. The number of hydrogen-bond acceptors (Lipinski definition) is 2. The van der Waals surface area contributed by atoms with Gasteiger partial charge in [-0.25, -0.2) is 0 Å². The first-order chi connectivity index (χ1) is 9.15. The molecule has 1 aromatic carbocycles. The van der Waals surface area contributed by atoms with Crippen LogP contribution in [0.15, 0.2) is 40.8 Å². The van der Waals surface area contributed by atoms with Crippen molar-refractivity contribution in [3.05, 3.63) is 47.2 Å². The summed E-state index contributed by atoms with van der Waals surface area (Å²) in [7, 11) is 0. The van der Waals surface area contributed by atoms with Crippen molar-refractivity contribution in [3.63, 3.8) is 0 Å². The first-order valence-electron chi connectivity index (χ1n) is 6.70. The third-order valence-corrected chi connectivity index (χ3v) is 3.20. The van der Waals surface area contributed by atoms with Crippen LogP contribution < -0.4 is 5.32 Å². The highest BCUT2D eigenvalue weighted by atomic mass is 35.5. The molecule has 0 amide bonds. The van der Waals surface area contributed by atoms with Crippen LogP contribution in [0.2, 0.25) is 5.02 Å². The maximum atomic E-state index is 5.98. The summed E-state index contributed by atoms with van der Waals surface area (Å²) >= 11 is 5.98. The van der Waals surface area contributed by atoms with E-state index in [4.69, 9.17) is 16.0 Å². The highest BCUT2D eigenvalue weighted by Gasteiger charge is 2.05. The lowest BCUT2D eigenvalue weighted by atomic mass is 10.1. The van der Waals surface area contributed by atoms with Gasteiger partial charge in [-0.1, -0.05) is 37.6 Å². The van der Waals surface area contributed by atoms with Crippen LogP contribution in [-0.2, 0) is 6.54 Å². The summed E-state index contributed by atoms with van der Waals surface area (Å²) in [6, 6.07) is 11.7. The molecule has 2 rings (SSSR count). The van der Waals surface area contributed by atoms with Crippen LogP contribution in [-0.4, -0.2) is 6.54 Å². The summed E-state index contributed by atoms with van der Waals surface area (Å²) in [5.74, 6) is 2.55. The fraction of sp³-hybridized carbons (Fsp3) is 0.375. The molecule has 0 unspecified atom stereocenters. The van der Waals surface area contributed by atoms with Crippen molar-refractivity contribution in [2.24, 2.45) is 5.92 Å². The quantitative estimate of drug-likeness (QED) is 0.772. The molecule has 1 aromatic heterocycles. The molecule has 0 bridgehead atoms. The van der Waals surface area contributed by atoms with Gasteiger partial charge in [-0.15, -0.1) is 0 Å². The van der Waals surface area contributed by atoms with E-state index in [9.17, 15) is 0 Å². The molecule has 102 valence electrons. The summed E-state index contributed by atoms with van der Waals surface area (Å²) in [6.45, 7) is 6.25. The van der Waals surface area contributed by atoms with Gasteiger partial charge in [0.15, 0.2) is 0 Å². The maximum absolute atomic E-state index is 5.98. The smallest absolute Gasteiger partial charge is 0.134 e. The van der Waals surface area contributed by atoms with E-state index in [-0.39, 0.29) is 0 Å². The van der Waals surface area contributed by atoms with E-state index in [1.807, 2.05) is 36.4 Å². The molecule has 1 heterocycles. The molecule has 0 spiro atoms. The summed E-state index contributed by atoms with van der Waals surface area (Å²) in [5.41, 5.74) is 1.01. The van der Waals surface area contributed by atoms with Gasteiger partial charge < -0.3 is 9.73 Å². The van der Waals surface area contributed by atoms with Gasteiger partial charge in [0, 0.05) is 10.6 Å². The van der Waals surface area contributed by atoms with Crippen LogP contribution in [0, 0.1) is 5.92 Å². The molecule has 19 heavy (non-hydrogen) atoms. The molecule has 0 atom stereocenters. The van der Waals surface area contributed by atoms with Crippen molar-refractivity contribution >= 4 is 11.6 Å². The molecule has 1 N–H and O–H groups in total. The van der Waals surface area contributed by atoms with Gasteiger partial charge in [0.25, 0.3) is 0 Å². The van der Waals surface area contributed by atoms with Crippen molar-refractivity contribution in [3.8, 4) is 11.3 Å². The Morgan fingerprint density at radius 3 is 2.79 bits per heavy atom. The SMILES string of the molecule is CC(C)CCNCc1ccc(-c2cccc(Cl)c2)o1. The zero-order valence-electron chi connectivity index (χ0n) is 11.4. The zero-order chi connectivity index (χ0) is 13.7. The van der Waals surface area contributed by atoms with Gasteiger partial charge in [0.1, 0.15) is 11.5 Å². The molecule has 0 aliphatic carbocycles. The topological polar surface area (TPSA) is 25.2 Å². The van der Waals surface area contributed by atoms with Gasteiger partial charge in [-0.3, -0.25) is 0 Å². The van der Waals surface area contributed by atoms with Crippen LogP contribution >= 0.6 is 11.6 Å². The predicted molar refractivity (Wildman–Crippen MR) is 80.3 cm³/mol. The molecule has 0 saturated heterocycles. The van der Waals surface area contributed by atoms with E-state index in [0.29, 0.717) is 0 Å². The van der Waals surface area contributed by atoms with Crippen molar-refractivity contribution in [1.29, 1.82) is 0 Å². The molecule has 3 heteroatoms. The molecule has 0 radical (unpaired) electrons. The highest BCUT2D eigenvalue weighted by Crippen LogP contribution is 2.24. The Labute approximate surface area is 119 Å². The fourth-order valence-electron chi connectivity index (χ4n) is 1.87. The minimum absolute atomic E-state index is 0.727. The monoisotopic (exact) mass is 277 g/mol. The van der Waals surface area contributed by atoms with E-state index in [2.05, 4.69) is 19.2 Å². The van der Waals surface area contributed by atoms with Crippen molar-refractivity contribution in [1.82, 2.24) is 5.32 Å². The molecule has 2 nitrogen and oxygen atoms in total. The Kier molecular flexibility index (Phi) is 5.06. The van der Waals surface area contributed by atoms with E-state index in [0.717, 1.165) is 41.1 Å². The third-order valence-electron chi connectivity index (χ3n) is 2.97. The average molecular weight is 278 g/mol. The van der Waals surface area contributed by atoms with E-state index >= 15 is 0 Å². The molecule has 0 fully saturated rings. The number of halogens is 1. The third kappa shape index (κ3) is 4.41. The fourth-order valence-corrected chi connectivity index (χ4v) is 2.06. The summed E-state index contributed by atoms with van der Waals surface area (Å²) in [5, 5.41) is 4.12. The number of hydrogen-bond donors (Lipinski definition) is 1. The number of nitrogens with one attached hydrogen (secondary N) is 1. The summed E-state index contributed by atoms with van der Waals surface area (Å²) < 4.78 is 5.81. The average Bonchev–Trinajstić information content (AvgIpc) is 2.83. The lowest BCUT2D eigenvalue weighted by Crippen LogP contribution is -2.15. The molecular formula is C16H20ClNO. The largest absolute Gasteiger partial charge is 0.460 e. The van der Waals surface area contributed by atoms with Gasteiger partial charge >= 0.3 is 0 Å². The second-order valence-electron chi connectivity index (χ2n) is 5.14. The normalized spacial score (nSPS) is 11.2. The second kappa shape index (κ2) is 6.78. The van der Waals surface area contributed by atoms with Crippen LogP contribution in [0.1, 0.15) is 26.0 Å². The molecule has 2 aromatic rings. The van der Waals surface area contributed by atoms with Crippen molar-refractivity contribution in [2.45, 2.75) is 26.8 Å². The minimum atomic E-state index is 0.727. The first kappa shape index (κ1) is 14.2. The first-order valence-corrected chi connectivity index (χ1v) is 7.08. The van der Waals surface area contributed by atoms with Crippen molar-refractivity contribution < 1.29 is 4.42 Å². The van der Waals surface area contributed by atoms with Gasteiger partial charge in [0.05, 0.1) is 6.54 Å². The Balaban J connectivity index is 1.92. The second-order valence-corrected chi connectivity index (χ2v) is 5.57. The van der Waals surface area contributed by atoms with E-state index in [1.165, 1.54) is 6.42 Å². The molecular weight excluding hydrogens is 258 g/mol. The Bertz CT molecular complexity index is 519. The van der Waals surface area contributed by atoms with E-state index < -0.39 is 0 Å². The summed E-state index contributed by atoms with van der Waals surface area (Å²) in [6.07, 6.45) is 1.18.